The molecule has 0 aliphatic carbocycles. The highest BCUT2D eigenvalue weighted by molar-refractivity contribution is 6.29. The zero-order valence-corrected chi connectivity index (χ0v) is 10.5. The average Bonchev–Trinajstić information content (AvgIpc) is 2.63. The quantitative estimate of drug-likeness (QED) is 0.821. The molecule has 2 aromatic heterocycles. The van der Waals surface area contributed by atoms with Crippen molar-refractivity contribution in [1.82, 2.24) is 4.98 Å². The Balaban J connectivity index is 2.15. The summed E-state index contributed by atoms with van der Waals surface area (Å²) in [6, 6.07) is 7.20. The summed E-state index contributed by atoms with van der Waals surface area (Å²) in [7, 11) is 0. The Morgan fingerprint density at radius 3 is 2.76 bits per heavy atom. The lowest BCUT2D eigenvalue weighted by molar-refractivity contribution is 0.466. The van der Waals surface area contributed by atoms with Gasteiger partial charge in [0.15, 0.2) is 0 Å². The van der Waals surface area contributed by atoms with Crippen LogP contribution >= 0.6 is 11.6 Å². The molecule has 1 unspecified atom stereocenters. The Morgan fingerprint density at radius 2 is 2.18 bits per heavy atom. The predicted molar refractivity (Wildman–Crippen MR) is 69.1 cm³/mol. The SMILES string of the molecule is Cc1ccc(C(C)Nc2cc(N)cc(Cl)n2)o1. The van der Waals surface area contributed by atoms with Crippen LogP contribution in [0.25, 0.3) is 0 Å². The molecule has 2 rings (SSSR count). The number of pyridine rings is 1. The summed E-state index contributed by atoms with van der Waals surface area (Å²) in [5.74, 6) is 2.37. The van der Waals surface area contributed by atoms with Gasteiger partial charge in [0.2, 0.25) is 0 Å². The molecule has 0 fully saturated rings. The second-order valence-electron chi connectivity index (χ2n) is 3.92. The van der Waals surface area contributed by atoms with Crippen molar-refractivity contribution in [2.75, 3.05) is 11.1 Å². The van der Waals surface area contributed by atoms with E-state index in [-0.39, 0.29) is 6.04 Å². The third-order valence-corrected chi connectivity index (χ3v) is 2.56. The standard InChI is InChI=1S/C12H14ClN3O/c1-7-3-4-10(17-7)8(2)15-12-6-9(14)5-11(13)16-12/h3-6,8H,1-2H3,(H3,14,15,16). The van der Waals surface area contributed by atoms with E-state index in [4.69, 9.17) is 21.8 Å². The molecule has 2 heterocycles. The maximum Gasteiger partial charge on any atom is 0.133 e. The van der Waals surface area contributed by atoms with Crippen LogP contribution in [0, 0.1) is 6.92 Å². The number of nitrogens with zero attached hydrogens (tertiary/aromatic N) is 1. The molecule has 0 spiro atoms. The van der Waals surface area contributed by atoms with Crippen LogP contribution in [0.5, 0.6) is 0 Å². The van der Waals surface area contributed by atoms with Gasteiger partial charge in [0.1, 0.15) is 22.5 Å². The van der Waals surface area contributed by atoms with E-state index in [1.807, 2.05) is 26.0 Å². The molecule has 0 amide bonds. The van der Waals surface area contributed by atoms with E-state index in [9.17, 15) is 0 Å². The van der Waals surface area contributed by atoms with Gasteiger partial charge in [-0.2, -0.15) is 0 Å². The Kier molecular flexibility index (Phi) is 3.24. The van der Waals surface area contributed by atoms with Gasteiger partial charge in [0.25, 0.3) is 0 Å². The molecule has 0 aliphatic heterocycles. The maximum absolute atomic E-state index is 5.83. The zero-order valence-electron chi connectivity index (χ0n) is 9.70. The number of hydrogen-bond acceptors (Lipinski definition) is 4. The molecule has 1 atom stereocenters. The second-order valence-corrected chi connectivity index (χ2v) is 4.31. The summed E-state index contributed by atoms with van der Waals surface area (Å²) in [5, 5.41) is 3.55. The number of aryl methyl sites for hydroxylation is 1. The van der Waals surface area contributed by atoms with Crippen LogP contribution in [0.4, 0.5) is 11.5 Å². The van der Waals surface area contributed by atoms with Crippen molar-refractivity contribution in [3.63, 3.8) is 0 Å². The van der Waals surface area contributed by atoms with Crippen molar-refractivity contribution in [3.8, 4) is 0 Å². The van der Waals surface area contributed by atoms with Crippen molar-refractivity contribution in [2.24, 2.45) is 0 Å². The predicted octanol–water partition coefficient (Wildman–Crippen LogP) is 3.39. The fourth-order valence-electron chi connectivity index (χ4n) is 1.57. The van der Waals surface area contributed by atoms with Gasteiger partial charge in [0, 0.05) is 11.8 Å². The third-order valence-electron chi connectivity index (χ3n) is 2.37. The summed E-state index contributed by atoms with van der Waals surface area (Å²) < 4.78 is 5.52. The van der Waals surface area contributed by atoms with E-state index in [0.29, 0.717) is 16.7 Å². The third kappa shape index (κ3) is 2.91. The van der Waals surface area contributed by atoms with E-state index < -0.39 is 0 Å². The molecule has 0 bridgehead atoms. The second kappa shape index (κ2) is 4.67. The first kappa shape index (κ1) is 11.8. The molecule has 5 heteroatoms. The monoisotopic (exact) mass is 251 g/mol. The van der Waals surface area contributed by atoms with E-state index >= 15 is 0 Å². The van der Waals surface area contributed by atoms with Crippen molar-refractivity contribution < 1.29 is 4.42 Å². The van der Waals surface area contributed by atoms with Crippen molar-refractivity contribution in [2.45, 2.75) is 19.9 Å². The molecule has 4 nitrogen and oxygen atoms in total. The summed E-state index contributed by atoms with van der Waals surface area (Å²) >= 11 is 5.83. The fourth-order valence-corrected chi connectivity index (χ4v) is 1.79. The normalized spacial score (nSPS) is 12.4. The highest BCUT2D eigenvalue weighted by Crippen LogP contribution is 2.22. The summed E-state index contributed by atoms with van der Waals surface area (Å²) in [6.07, 6.45) is 0. The number of nitrogens with one attached hydrogen (secondary N) is 1. The number of nitrogens with two attached hydrogens (primary N) is 1. The molecular formula is C12H14ClN3O. The van der Waals surface area contributed by atoms with Crippen molar-refractivity contribution in [3.05, 3.63) is 40.9 Å². The molecular weight excluding hydrogens is 238 g/mol. The smallest absolute Gasteiger partial charge is 0.133 e. The number of furan rings is 1. The summed E-state index contributed by atoms with van der Waals surface area (Å²) in [5.41, 5.74) is 6.27. The average molecular weight is 252 g/mol. The number of nitrogen functional groups attached to an aromatic ring is 1. The number of anilines is 2. The van der Waals surface area contributed by atoms with Crippen LogP contribution in [0.1, 0.15) is 24.5 Å². The van der Waals surface area contributed by atoms with Gasteiger partial charge >= 0.3 is 0 Å². The van der Waals surface area contributed by atoms with E-state index in [1.54, 1.807) is 12.1 Å². The molecule has 0 aliphatic rings. The summed E-state index contributed by atoms with van der Waals surface area (Å²) in [6.45, 7) is 3.89. The first-order valence-corrected chi connectivity index (χ1v) is 5.68. The molecule has 0 aromatic carbocycles. The highest BCUT2D eigenvalue weighted by atomic mass is 35.5. The largest absolute Gasteiger partial charge is 0.464 e. The van der Waals surface area contributed by atoms with Crippen LogP contribution in [0.3, 0.4) is 0 Å². The van der Waals surface area contributed by atoms with Crippen molar-refractivity contribution in [1.29, 1.82) is 0 Å². The number of aromatic nitrogens is 1. The lowest BCUT2D eigenvalue weighted by atomic mass is 10.2. The van der Waals surface area contributed by atoms with Gasteiger partial charge < -0.3 is 15.5 Å². The molecule has 3 N–H and O–H groups in total. The number of hydrogen-bond donors (Lipinski definition) is 2. The Hall–Kier alpha value is -1.68. The molecule has 90 valence electrons. The van der Waals surface area contributed by atoms with Crippen LogP contribution in [-0.4, -0.2) is 4.98 Å². The molecule has 0 radical (unpaired) electrons. The number of rotatable bonds is 3. The first-order valence-electron chi connectivity index (χ1n) is 5.30. The lowest BCUT2D eigenvalue weighted by Crippen LogP contribution is -2.07. The van der Waals surface area contributed by atoms with Gasteiger partial charge in [-0.05, 0) is 32.0 Å². The minimum atomic E-state index is 0.00840. The minimum Gasteiger partial charge on any atom is -0.464 e. The molecule has 0 saturated heterocycles. The highest BCUT2D eigenvalue weighted by Gasteiger charge is 2.10. The van der Waals surface area contributed by atoms with Gasteiger partial charge in [-0.3, -0.25) is 0 Å². The minimum absolute atomic E-state index is 0.00840. The molecule has 0 saturated carbocycles. The van der Waals surface area contributed by atoms with Gasteiger partial charge in [0.05, 0.1) is 6.04 Å². The van der Waals surface area contributed by atoms with Gasteiger partial charge in [-0.1, -0.05) is 11.6 Å². The Bertz CT molecular complexity index is 504. The van der Waals surface area contributed by atoms with E-state index in [0.717, 1.165) is 11.5 Å². The van der Waals surface area contributed by atoms with E-state index in [2.05, 4.69) is 10.3 Å². The van der Waals surface area contributed by atoms with Crippen LogP contribution in [-0.2, 0) is 0 Å². The van der Waals surface area contributed by atoms with Gasteiger partial charge in [-0.15, -0.1) is 0 Å². The first-order chi connectivity index (χ1) is 8.04. The van der Waals surface area contributed by atoms with Crippen LogP contribution in [0.2, 0.25) is 5.15 Å². The van der Waals surface area contributed by atoms with Crippen molar-refractivity contribution >= 4 is 23.1 Å². The topological polar surface area (TPSA) is 64.1 Å². The lowest BCUT2D eigenvalue weighted by Gasteiger charge is -2.12. The summed E-state index contributed by atoms with van der Waals surface area (Å²) in [4.78, 5) is 4.14. The number of halogens is 1. The van der Waals surface area contributed by atoms with E-state index in [1.165, 1.54) is 0 Å². The van der Waals surface area contributed by atoms with Crippen LogP contribution in [0.15, 0.2) is 28.7 Å². The Morgan fingerprint density at radius 1 is 1.41 bits per heavy atom. The fraction of sp³-hybridized carbons (Fsp3) is 0.250. The molecule has 2 aromatic rings. The molecule has 17 heavy (non-hydrogen) atoms. The zero-order chi connectivity index (χ0) is 12.4. The van der Waals surface area contributed by atoms with Gasteiger partial charge in [-0.25, -0.2) is 4.98 Å². The Labute approximate surface area is 105 Å². The van der Waals surface area contributed by atoms with Crippen LogP contribution < -0.4 is 11.1 Å². The maximum atomic E-state index is 5.83.